The molecule has 272 valence electrons. The molecular weight excluding hydrogens is 614 g/mol. The van der Waals surface area contributed by atoms with Crippen LogP contribution in [0.1, 0.15) is 129 Å². The van der Waals surface area contributed by atoms with E-state index < -0.39 is 35.9 Å². The maximum Gasteiger partial charge on any atom is 0.326 e. The molecule has 0 aliphatic carbocycles. The molecule has 14 heteroatoms. The summed E-state index contributed by atoms with van der Waals surface area (Å²) in [6.07, 6.45) is 15.8. The van der Waals surface area contributed by atoms with Gasteiger partial charge in [-0.1, -0.05) is 84.0 Å². The fourth-order valence-electron chi connectivity index (χ4n) is 4.79. The molecule has 0 aliphatic rings. The minimum atomic E-state index is -1.19. The third kappa shape index (κ3) is 28.7. The highest BCUT2D eigenvalue weighted by Crippen LogP contribution is 2.14. The minimum Gasteiger partial charge on any atom is -0.481 e. The number of hydrogen-bond acceptors (Lipinski definition) is 8. The summed E-state index contributed by atoms with van der Waals surface area (Å²) in [5.41, 5.74) is 0. The molecule has 0 aliphatic heterocycles. The topological polar surface area (TPSA) is 218 Å². The number of carbonyl (C=O) groups excluding carboxylic acids is 3. The Morgan fingerprint density at radius 3 is 1.49 bits per heavy atom. The van der Waals surface area contributed by atoms with Gasteiger partial charge in [0.25, 0.3) is 0 Å². The quantitative estimate of drug-likeness (QED) is 0.0551. The van der Waals surface area contributed by atoms with Crippen molar-refractivity contribution in [1.82, 2.24) is 16.0 Å². The summed E-state index contributed by atoms with van der Waals surface area (Å²) < 4.78 is 10.4. The first kappa shape index (κ1) is 43.7. The molecule has 0 bridgehead atoms. The van der Waals surface area contributed by atoms with Crippen LogP contribution >= 0.6 is 0 Å². The standard InChI is InChI=1S/C33H59N3O11/c1-2-26(32(42)43)35-30(39)25-47-24-23-46-22-21-34-28(37)20-19-27(33(44)45)36-29(38)17-15-13-11-9-7-5-3-4-6-8-10-12-14-16-18-31(40)41/h26-27H,2-25H2,1H3,(H,34,37)(H,35,39)(H,36,38)(H,40,41)(H,42,43)(H,44,45)/t26-,27-/m0/s1. The number of amides is 3. The van der Waals surface area contributed by atoms with Gasteiger partial charge >= 0.3 is 17.9 Å². The van der Waals surface area contributed by atoms with Gasteiger partial charge in [0.2, 0.25) is 17.7 Å². The molecule has 0 heterocycles. The normalized spacial score (nSPS) is 12.2. The zero-order valence-electron chi connectivity index (χ0n) is 28.2. The van der Waals surface area contributed by atoms with Crippen molar-refractivity contribution in [2.24, 2.45) is 0 Å². The summed E-state index contributed by atoms with van der Waals surface area (Å²) >= 11 is 0. The molecule has 0 spiro atoms. The Morgan fingerprint density at radius 2 is 1.00 bits per heavy atom. The van der Waals surface area contributed by atoms with Crippen molar-refractivity contribution in [2.75, 3.05) is 33.0 Å². The second-order valence-electron chi connectivity index (χ2n) is 11.7. The molecule has 0 unspecified atom stereocenters. The maximum atomic E-state index is 12.2. The first-order valence-corrected chi connectivity index (χ1v) is 17.2. The number of unbranched alkanes of at least 4 members (excludes halogenated alkanes) is 13. The second kappa shape index (κ2) is 30.1. The molecule has 0 saturated heterocycles. The fraction of sp³-hybridized carbons (Fsp3) is 0.818. The van der Waals surface area contributed by atoms with Gasteiger partial charge in [0.1, 0.15) is 18.7 Å². The van der Waals surface area contributed by atoms with Crippen LogP contribution < -0.4 is 16.0 Å². The van der Waals surface area contributed by atoms with Crippen LogP contribution in [-0.2, 0) is 38.2 Å². The predicted octanol–water partition coefficient (Wildman–Crippen LogP) is 3.79. The molecule has 0 rings (SSSR count). The molecule has 0 aromatic rings. The molecule has 47 heavy (non-hydrogen) atoms. The lowest BCUT2D eigenvalue weighted by Crippen LogP contribution is -2.42. The first-order chi connectivity index (χ1) is 22.6. The van der Waals surface area contributed by atoms with Crippen LogP contribution in [-0.4, -0.2) is 96.0 Å². The largest absolute Gasteiger partial charge is 0.481 e. The summed E-state index contributed by atoms with van der Waals surface area (Å²) in [5, 5.41) is 34.5. The van der Waals surface area contributed by atoms with Gasteiger partial charge in [0.05, 0.1) is 19.8 Å². The van der Waals surface area contributed by atoms with Gasteiger partial charge in [-0.15, -0.1) is 0 Å². The van der Waals surface area contributed by atoms with E-state index in [4.69, 9.17) is 19.7 Å². The summed E-state index contributed by atoms with van der Waals surface area (Å²) in [6, 6.07) is -2.10. The lowest BCUT2D eigenvalue weighted by molar-refractivity contribution is -0.142. The third-order valence-corrected chi connectivity index (χ3v) is 7.55. The zero-order chi connectivity index (χ0) is 35.1. The van der Waals surface area contributed by atoms with E-state index >= 15 is 0 Å². The van der Waals surface area contributed by atoms with Crippen LogP contribution in [0.3, 0.4) is 0 Å². The molecule has 0 radical (unpaired) electrons. The molecule has 0 saturated carbocycles. The van der Waals surface area contributed by atoms with Crippen LogP contribution in [0.25, 0.3) is 0 Å². The van der Waals surface area contributed by atoms with Gasteiger partial charge in [-0.2, -0.15) is 0 Å². The van der Waals surface area contributed by atoms with Gasteiger partial charge in [-0.3, -0.25) is 19.2 Å². The Kier molecular flexibility index (Phi) is 28.0. The smallest absolute Gasteiger partial charge is 0.326 e. The highest BCUT2D eigenvalue weighted by Gasteiger charge is 2.21. The van der Waals surface area contributed by atoms with Crippen molar-refractivity contribution < 1.29 is 53.6 Å². The van der Waals surface area contributed by atoms with Gasteiger partial charge < -0.3 is 40.7 Å². The molecular formula is C33H59N3O11. The SMILES string of the molecule is CC[C@H](NC(=O)COCCOCCNC(=O)CC[C@H](NC(=O)CCCCCCCCCCCCCCCCC(=O)O)C(=O)O)C(=O)O. The van der Waals surface area contributed by atoms with Gasteiger partial charge in [-0.25, -0.2) is 9.59 Å². The van der Waals surface area contributed by atoms with Crippen molar-refractivity contribution in [3.8, 4) is 0 Å². The van der Waals surface area contributed by atoms with Crippen molar-refractivity contribution in [1.29, 1.82) is 0 Å². The molecule has 6 N–H and O–H groups in total. The van der Waals surface area contributed by atoms with Gasteiger partial charge in [0.15, 0.2) is 0 Å². The number of ether oxygens (including phenoxy) is 2. The minimum absolute atomic E-state index is 0.0305. The molecule has 0 aromatic carbocycles. The number of carboxylic acid groups (broad SMARTS) is 3. The van der Waals surface area contributed by atoms with Crippen molar-refractivity contribution >= 4 is 35.6 Å². The number of aliphatic carboxylic acids is 3. The van der Waals surface area contributed by atoms with Crippen LogP contribution in [0.2, 0.25) is 0 Å². The maximum absolute atomic E-state index is 12.2. The first-order valence-electron chi connectivity index (χ1n) is 17.2. The Labute approximate surface area is 279 Å². The molecule has 3 amide bonds. The molecule has 14 nitrogen and oxygen atoms in total. The van der Waals surface area contributed by atoms with E-state index in [9.17, 15) is 33.9 Å². The summed E-state index contributed by atoms with van der Waals surface area (Å²) in [5.74, 6) is -4.25. The van der Waals surface area contributed by atoms with Gasteiger partial charge in [-0.05, 0) is 25.7 Å². The third-order valence-electron chi connectivity index (χ3n) is 7.55. The van der Waals surface area contributed by atoms with E-state index in [0.29, 0.717) is 6.42 Å². The number of carbonyl (C=O) groups is 6. The lowest BCUT2D eigenvalue weighted by Gasteiger charge is -2.14. The molecule has 0 aromatic heterocycles. The van der Waals surface area contributed by atoms with Crippen LogP contribution in [0, 0.1) is 0 Å². The van der Waals surface area contributed by atoms with E-state index in [-0.39, 0.29) is 76.9 Å². The Hall–Kier alpha value is -3.26. The fourth-order valence-corrected chi connectivity index (χ4v) is 4.79. The Balaban J connectivity index is 3.74. The van der Waals surface area contributed by atoms with Crippen molar-refractivity contribution in [2.45, 2.75) is 141 Å². The highest BCUT2D eigenvalue weighted by atomic mass is 16.5. The Morgan fingerprint density at radius 1 is 0.532 bits per heavy atom. The van der Waals surface area contributed by atoms with E-state index in [1.165, 1.54) is 44.9 Å². The van der Waals surface area contributed by atoms with Crippen molar-refractivity contribution in [3.63, 3.8) is 0 Å². The lowest BCUT2D eigenvalue weighted by atomic mass is 10.0. The monoisotopic (exact) mass is 673 g/mol. The predicted molar refractivity (Wildman–Crippen MR) is 175 cm³/mol. The number of carboxylic acids is 3. The summed E-state index contributed by atoms with van der Waals surface area (Å²) in [6.45, 7) is 1.98. The van der Waals surface area contributed by atoms with Gasteiger partial charge in [0, 0.05) is 25.8 Å². The number of nitrogens with one attached hydrogen (secondary N) is 3. The number of rotatable bonds is 33. The molecule has 2 atom stereocenters. The Bertz CT molecular complexity index is 901. The highest BCUT2D eigenvalue weighted by molar-refractivity contribution is 5.85. The summed E-state index contributed by atoms with van der Waals surface area (Å²) in [7, 11) is 0. The van der Waals surface area contributed by atoms with Crippen LogP contribution in [0.4, 0.5) is 0 Å². The van der Waals surface area contributed by atoms with E-state index in [0.717, 1.165) is 38.5 Å². The van der Waals surface area contributed by atoms with Crippen molar-refractivity contribution in [3.05, 3.63) is 0 Å². The second-order valence-corrected chi connectivity index (χ2v) is 11.7. The van der Waals surface area contributed by atoms with E-state index in [2.05, 4.69) is 16.0 Å². The average molecular weight is 674 g/mol. The summed E-state index contributed by atoms with van der Waals surface area (Å²) in [4.78, 5) is 68.9. The average Bonchev–Trinajstić information content (AvgIpc) is 3.02. The number of hydrogen-bond donors (Lipinski definition) is 6. The van der Waals surface area contributed by atoms with Crippen LogP contribution in [0.15, 0.2) is 0 Å². The molecule has 0 fully saturated rings. The van der Waals surface area contributed by atoms with Crippen LogP contribution in [0.5, 0.6) is 0 Å². The van der Waals surface area contributed by atoms with E-state index in [1.54, 1.807) is 6.92 Å². The zero-order valence-corrected chi connectivity index (χ0v) is 28.2. The van der Waals surface area contributed by atoms with E-state index in [1.807, 2.05) is 0 Å².